The molecule has 3 aromatic carbocycles. The number of likely N-dealkylation sites (N-methyl/N-ethyl adjacent to an activating group) is 1. The molecular formula is C25H27N3O3. The predicted molar refractivity (Wildman–Crippen MR) is 125 cm³/mol. The number of rotatable bonds is 7. The van der Waals surface area contributed by atoms with E-state index in [1.807, 2.05) is 42.5 Å². The summed E-state index contributed by atoms with van der Waals surface area (Å²) in [4.78, 5) is 12.3. The Hall–Kier alpha value is -3.77. The minimum Gasteiger partial charge on any atom is -0.457 e. The van der Waals surface area contributed by atoms with Crippen LogP contribution in [0.5, 0.6) is 17.2 Å². The third kappa shape index (κ3) is 6.62. The number of nitrogens with zero attached hydrogens (tertiary/aromatic N) is 2. The van der Waals surface area contributed by atoms with Crippen LogP contribution in [0.1, 0.15) is 0 Å². The number of anilines is 1. The highest BCUT2D eigenvalue weighted by molar-refractivity contribution is 5.83. The van der Waals surface area contributed by atoms with E-state index in [2.05, 4.69) is 46.6 Å². The van der Waals surface area contributed by atoms with Crippen LogP contribution in [-0.2, 0) is 11.3 Å². The fraction of sp³-hybridized carbons (Fsp3) is 0.160. The lowest BCUT2D eigenvalue weighted by atomic mass is 10.2. The number of hydrogen-bond donors (Lipinski definition) is 1. The zero-order valence-electron chi connectivity index (χ0n) is 17.8. The molecule has 0 aliphatic carbocycles. The average molecular weight is 418 g/mol. The van der Waals surface area contributed by atoms with Gasteiger partial charge < -0.3 is 24.7 Å². The smallest absolute Gasteiger partial charge is 0.298 e. The van der Waals surface area contributed by atoms with Gasteiger partial charge in [-0.15, -0.1) is 0 Å². The van der Waals surface area contributed by atoms with E-state index < -0.39 is 0 Å². The molecule has 6 nitrogen and oxygen atoms in total. The van der Waals surface area contributed by atoms with Crippen molar-refractivity contribution in [3.05, 3.63) is 85.1 Å². The molecule has 0 aliphatic rings. The van der Waals surface area contributed by atoms with Gasteiger partial charge in [-0.2, -0.15) is 0 Å². The normalized spacial score (nSPS) is 10.4. The minimum absolute atomic E-state index is 0.396. The molecule has 2 N–H and O–H groups in total. The summed E-state index contributed by atoms with van der Waals surface area (Å²) in [5.41, 5.74) is 7.82. The molecule has 0 unspecified atom stereocenters. The maximum absolute atomic E-state index is 10.1. The van der Waals surface area contributed by atoms with Crippen LogP contribution in [0.25, 0.3) is 10.9 Å². The van der Waals surface area contributed by atoms with E-state index >= 15 is 0 Å². The van der Waals surface area contributed by atoms with E-state index in [4.69, 9.17) is 10.5 Å². The minimum atomic E-state index is 0.396. The van der Waals surface area contributed by atoms with Crippen LogP contribution in [0.15, 0.2) is 85.1 Å². The van der Waals surface area contributed by atoms with Gasteiger partial charge in [0.2, 0.25) is 0 Å². The van der Waals surface area contributed by atoms with Gasteiger partial charge in [-0.05, 0) is 74.8 Å². The number of nitrogen functional groups attached to an aromatic ring is 1. The summed E-state index contributed by atoms with van der Waals surface area (Å²) in [6.45, 7) is 2.46. The van der Waals surface area contributed by atoms with Gasteiger partial charge in [-0.3, -0.25) is 4.79 Å². The van der Waals surface area contributed by atoms with Crippen molar-refractivity contribution in [3.8, 4) is 17.2 Å². The number of ether oxygens (including phenoxy) is 2. The lowest BCUT2D eigenvalue weighted by Gasteiger charge is -2.11. The lowest BCUT2D eigenvalue weighted by molar-refractivity contribution is -0.120. The second kappa shape index (κ2) is 10.8. The van der Waals surface area contributed by atoms with Gasteiger partial charge in [0.05, 0.1) is 0 Å². The maximum Gasteiger partial charge on any atom is 0.298 e. The summed E-state index contributed by atoms with van der Waals surface area (Å²) in [6.07, 6.45) is 2.12. The molecule has 31 heavy (non-hydrogen) atoms. The third-order valence-electron chi connectivity index (χ3n) is 4.57. The molecule has 1 aromatic heterocycles. The predicted octanol–water partition coefficient (Wildman–Crippen LogP) is 4.80. The highest BCUT2D eigenvalue weighted by atomic mass is 16.5. The number of para-hydroxylation sites is 1. The van der Waals surface area contributed by atoms with E-state index in [1.165, 1.54) is 10.9 Å². The summed E-state index contributed by atoms with van der Waals surface area (Å²) in [7, 11) is 4.17. The van der Waals surface area contributed by atoms with Gasteiger partial charge in [0, 0.05) is 35.9 Å². The van der Waals surface area contributed by atoms with Crippen LogP contribution in [0.3, 0.4) is 0 Å². The summed E-state index contributed by atoms with van der Waals surface area (Å²) in [5, 5.41) is 1.22. The van der Waals surface area contributed by atoms with Crippen molar-refractivity contribution in [3.63, 3.8) is 0 Å². The summed E-state index contributed by atoms with van der Waals surface area (Å²) in [5.74, 6) is 1.96. The Morgan fingerprint density at radius 3 is 2.26 bits per heavy atom. The fourth-order valence-electron chi connectivity index (χ4n) is 2.99. The Morgan fingerprint density at radius 2 is 1.58 bits per heavy atom. The molecule has 0 saturated heterocycles. The molecule has 4 aromatic rings. The first-order valence-electron chi connectivity index (χ1n) is 9.97. The molecule has 0 aliphatic heterocycles. The Kier molecular flexibility index (Phi) is 7.67. The van der Waals surface area contributed by atoms with Crippen molar-refractivity contribution in [2.24, 2.45) is 0 Å². The van der Waals surface area contributed by atoms with Crippen molar-refractivity contribution in [2.75, 3.05) is 26.4 Å². The number of nitrogens with two attached hydrogens (primary N) is 1. The number of carbonyl (C=O) groups excluding carboxylic acids is 1. The molecule has 0 fully saturated rings. The second-order valence-corrected chi connectivity index (χ2v) is 7.23. The van der Waals surface area contributed by atoms with E-state index in [1.54, 1.807) is 24.3 Å². The highest BCUT2D eigenvalue weighted by Gasteiger charge is 2.01. The number of carbonyl (C=O) groups is 1. The van der Waals surface area contributed by atoms with Crippen molar-refractivity contribution in [1.82, 2.24) is 9.47 Å². The summed E-state index contributed by atoms with van der Waals surface area (Å²) in [6, 6.07) is 24.5. The third-order valence-corrected chi connectivity index (χ3v) is 4.57. The SMILES string of the molecule is CN(C)CCn1ccc2cc(N)ccc21.O=COc1ccc(Oc2ccccc2)cc1. The molecule has 0 spiro atoms. The molecule has 0 radical (unpaired) electrons. The van der Waals surface area contributed by atoms with Gasteiger partial charge >= 0.3 is 0 Å². The maximum atomic E-state index is 10.1. The van der Waals surface area contributed by atoms with Crippen molar-refractivity contribution in [2.45, 2.75) is 6.54 Å². The Bertz CT molecular complexity index is 1090. The van der Waals surface area contributed by atoms with Crippen molar-refractivity contribution < 1.29 is 14.3 Å². The highest BCUT2D eigenvalue weighted by Crippen LogP contribution is 2.23. The molecule has 1 heterocycles. The second-order valence-electron chi connectivity index (χ2n) is 7.23. The van der Waals surface area contributed by atoms with Crippen molar-refractivity contribution in [1.29, 1.82) is 0 Å². The zero-order chi connectivity index (χ0) is 22.1. The van der Waals surface area contributed by atoms with Crippen LogP contribution in [0.2, 0.25) is 0 Å². The standard InChI is InChI=1S/C13H10O3.C12H17N3/c14-10-15-11-6-8-13(9-7-11)16-12-4-2-1-3-5-12;1-14(2)7-8-15-6-5-10-9-11(13)3-4-12(10)15/h1-10H;3-6,9H,7-8,13H2,1-2H3. The monoisotopic (exact) mass is 417 g/mol. The van der Waals surface area contributed by atoms with Crippen LogP contribution >= 0.6 is 0 Å². The van der Waals surface area contributed by atoms with Gasteiger partial charge in [0.15, 0.2) is 0 Å². The van der Waals surface area contributed by atoms with Gasteiger partial charge in [0.1, 0.15) is 17.2 Å². The molecule has 0 amide bonds. The lowest BCUT2D eigenvalue weighted by Crippen LogP contribution is -2.17. The number of benzene rings is 3. The van der Waals surface area contributed by atoms with E-state index in [9.17, 15) is 4.79 Å². The van der Waals surface area contributed by atoms with Gasteiger partial charge in [0.25, 0.3) is 6.47 Å². The van der Waals surface area contributed by atoms with E-state index in [0.717, 1.165) is 24.5 Å². The number of hydrogen-bond acceptors (Lipinski definition) is 5. The largest absolute Gasteiger partial charge is 0.457 e. The molecular weight excluding hydrogens is 390 g/mol. The van der Waals surface area contributed by atoms with Crippen LogP contribution in [0.4, 0.5) is 5.69 Å². The average Bonchev–Trinajstić information content (AvgIpc) is 3.17. The first-order valence-corrected chi connectivity index (χ1v) is 9.97. The molecule has 160 valence electrons. The molecule has 0 saturated carbocycles. The topological polar surface area (TPSA) is 69.7 Å². The Morgan fingerprint density at radius 1 is 0.903 bits per heavy atom. The van der Waals surface area contributed by atoms with Crippen LogP contribution in [0, 0.1) is 0 Å². The quantitative estimate of drug-likeness (QED) is 0.346. The number of aromatic nitrogens is 1. The first kappa shape index (κ1) is 21.9. The Balaban J connectivity index is 0.000000176. The van der Waals surface area contributed by atoms with Crippen molar-refractivity contribution >= 4 is 23.1 Å². The van der Waals surface area contributed by atoms with Gasteiger partial charge in [-0.1, -0.05) is 18.2 Å². The van der Waals surface area contributed by atoms with E-state index in [0.29, 0.717) is 18.0 Å². The molecule has 4 rings (SSSR count). The van der Waals surface area contributed by atoms with E-state index in [-0.39, 0.29) is 0 Å². The summed E-state index contributed by atoms with van der Waals surface area (Å²) >= 11 is 0. The van der Waals surface area contributed by atoms with Crippen LogP contribution < -0.4 is 15.2 Å². The Labute approximate surface area is 182 Å². The molecule has 0 atom stereocenters. The molecule has 0 bridgehead atoms. The number of fused-ring (bicyclic) bond motifs is 1. The zero-order valence-corrected chi connectivity index (χ0v) is 17.8. The fourth-order valence-corrected chi connectivity index (χ4v) is 2.99. The molecule has 6 heteroatoms. The first-order chi connectivity index (χ1) is 15.0. The summed E-state index contributed by atoms with van der Waals surface area (Å²) < 4.78 is 12.5. The van der Waals surface area contributed by atoms with Crippen LogP contribution in [-0.4, -0.2) is 36.6 Å². The van der Waals surface area contributed by atoms with Gasteiger partial charge in [-0.25, -0.2) is 0 Å².